The van der Waals surface area contributed by atoms with E-state index in [4.69, 9.17) is 5.11 Å². The van der Waals surface area contributed by atoms with Gasteiger partial charge in [-0.1, -0.05) is 25.7 Å². The monoisotopic (exact) mass is 251 g/mol. The lowest BCUT2D eigenvalue weighted by Crippen LogP contribution is -2.19. The molecule has 1 rings (SSSR count). The first-order valence-electron chi connectivity index (χ1n) is 5.98. The number of rotatable bonds is 5. The number of nitrogens with zero attached hydrogens (tertiary/aromatic N) is 1. The van der Waals surface area contributed by atoms with Crippen molar-refractivity contribution in [1.82, 2.24) is 4.90 Å². The Bertz CT molecular complexity index is 386. The molecule has 0 bridgehead atoms. The highest BCUT2D eigenvalue weighted by Gasteiger charge is 2.04. The van der Waals surface area contributed by atoms with Crippen LogP contribution in [0.25, 0.3) is 0 Å². The van der Waals surface area contributed by atoms with E-state index in [-0.39, 0.29) is 6.61 Å². The summed E-state index contributed by atoms with van der Waals surface area (Å²) < 4.78 is 0. The minimum atomic E-state index is -0.0679. The van der Waals surface area contributed by atoms with Crippen LogP contribution < -0.4 is 0 Å². The maximum atomic E-state index is 8.62. The smallest absolute Gasteiger partial charge is 0.104 e. The van der Waals surface area contributed by atoms with Crippen molar-refractivity contribution in [2.24, 2.45) is 5.92 Å². The van der Waals surface area contributed by atoms with E-state index in [0.29, 0.717) is 0 Å². The highest BCUT2D eigenvalue weighted by Crippen LogP contribution is 2.17. The summed E-state index contributed by atoms with van der Waals surface area (Å²) in [6.45, 7) is 6.55. The number of aliphatic hydroxyl groups is 1. The van der Waals surface area contributed by atoms with Gasteiger partial charge in [0.1, 0.15) is 6.61 Å². The molecule has 0 aliphatic rings. The van der Waals surface area contributed by atoms with Gasteiger partial charge < -0.3 is 10.0 Å². The second kappa shape index (κ2) is 7.50. The van der Waals surface area contributed by atoms with Crippen LogP contribution in [0.2, 0.25) is 0 Å². The molecular weight excluding hydrogens is 230 g/mol. The van der Waals surface area contributed by atoms with Crippen LogP contribution in [0.4, 0.5) is 0 Å². The maximum Gasteiger partial charge on any atom is 0.104 e. The summed E-state index contributed by atoms with van der Waals surface area (Å²) >= 11 is 1.71. The molecule has 0 aromatic carbocycles. The molecule has 0 saturated heterocycles. The lowest BCUT2D eigenvalue weighted by atomic mass is 10.1. The Morgan fingerprint density at radius 2 is 2.18 bits per heavy atom. The fourth-order valence-corrected chi connectivity index (χ4v) is 2.44. The van der Waals surface area contributed by atoms with E-state index in [1.807, 2.05) is 6.07 Å². The normalized spacial score (nSPS) is 10.7. The molecule has 0 aliphatic heterocycles. The van der Waals surface area contributed by atoms with Gasteiger partial charge in [0.15, 0.2) is 0 Å². The number of hydrogen-bond acceptors (Lipinski definition) is 3. The third-order valence-electron chi connectivity index (χ3n) is 2.47. The number of aliphatic hydroxyl groups excluding tert-OH is 1. The molecule has 2 nitrogen and oxygen atoms in total. The van der Waals surface area contributed by atoms with Gasteiger partial charge in [-0.3, -0.25) is 0 Å². The van der Waals surface area contributed by atoms with E-state index in [1.165, 1.54) is 11.3 Å². The lowest BCUT2D eigenvalue weighted by Gasteiger charge is -2.16. The Labute approximate surface area is 108 Å². The molecule has 0 spiro atoms. The van der Waals surface area contributed by atoms with E-state index >= 15 is 0 Å². The van der Waals surface area contributed by atoms with E-state index in [1.54, 1.807) is 11.3 Å². The van der Waals surface area contributed by atoms with Crippen molar-refractivity contribution in [3.63, 3.8) is 0 Å². The van der Waals surface area contributed by atoms with Crippen LogP contribution in [0.3, 0.4) is 0 Å². The summed E-state index contributed by atoms with van der Waals surface area (Å²) in [6.07, 6.45) is 1.24. The van der Waals surface area contributed by atoms with Crippen molar-refractivity contribution in [1.29, 1.82) is 0 Å². The van der Waals surface area contributed by atoms with Crippen LogP contribution in [-0.4, -0.2) is 30.2 Å². The first-order chi connectivity index (χ1) is 8.11. The molecule has 0 saturated carbocycles. The molecule has 3 heteroatoms. The zero-order chi connectivity index (χ0) is 12.7. The largest absolute Gasteiger partial charge is 0.384 e. The van der Waals surface area contributed by atoms with Crippen molar-refractivity contribution < 1.29 is 5.11 Å². The van der Waals surface area contributed by atoms with Crippen LogP contribution in [0, 0.1) is 17.8 Å². The SMILES string of the molecule is CC(C)CCN(C)Cc1ccc(C#CCO)s1. The molecule has 1 N–H and O–H groups in total. The maximum absolute atomic E-state index is 8.62. The Hall–Kier alpha value is -0.820. The predicted octanol–water partition coefficient (Wildman–Crippen LogP) is 2.57. The van der Waals surface area contributed by atoms with Crippen molar-refractivity contribution in [3.8, 4) is 11.8 Å². The first-order valence-corrected chi connectivity index (χ1v) is 6.80. The molecule has 94 valence electrons. The van der Waals surface area contributed by atoms with Crippen LogP contribution in [-0.2, 0) is 6.54 Å². The summed E-state index contributed by atoms with van der Waals surface area (Å²) in [6, 6.07) is 4.15. The molecule has 1 aromatic heterocycles. The zero-order valence-electron chi connectivity index (χ0n) is 10.9. The minimum Gasteiger partial charge on any atom is -0.384 e. The molecule has 0 fully saturated rings. The average molecular weight is 251 g/mol. The van der Waals surface area contributed by atoms with Gasteiger partial charge in [-0.15, -0.1) is 11.3 Å². The summed E-state index contributed by atoms with van der Waals surface area (Å²) in [5.41, 5.74) is 0. The van der Waals surface area contributed by atoms with E-state index in [2.05, 4.69) is 43.7 Å². The summed E-state index contributed by atoms with van der Waals surface area (Å²) in [7, 11) is 2.15. The highest BCUT2D eigenvalue weighted by molar-refractivity contribution is 7.12. The van der Waals surface area contributed by atoms with Gasteiger partial charge in [0.2, 0.25) is 0 Å². The lowest BCUT2D eigenvalue weighted by molar-refractivity contribution is 0.306. The van der Waals surface area contributed by atoms with Gasteiger partial charge >= 0.3 is 0 Å². The van der Waals surface area contributed by atoms with E-state index < -0.39 is 0 Å². The number of hydrogen-bond donors (Lipinski definition) is 1. The topological polar surface area (TPSA) is 23.5 Å². The van der Waals surface area contributed by atoms with Crippen molar-refractivity contribution >= 4 is 11.3 Å². The standard InChI is InChI=1S/C14H21NOS/c1-12(2)8-9-15(3)11-14-7-6-13(17-14)5-4-10-16/h6-7,12,16H,8-11H2,1-3H3. The molecule has 17 heavy (non-hydrogen) atoms. The predicted molar refractivity (Wildman–Crippen MR) is 74.1 cm³/mol. The molecule has 0 amide bonds. The van der Waals surface area contributed by atoms with Gasteiger partial charge in [0, 0.05) is 11.4 Å². The van der Waals surface area contributed by atoms with Crippen molar-refractivity contribution in [2.45, 2.75) is 26.8 Å². The van der Waals surface area contributed by atoms with Gasteiger partial charge in [-0.2, -0.15) is 0 Å². The fraction of sp³-hybridized carbons (Fsp3) is 0.571. The molecule has 1 aromatic rings. The van der Waals surface area contributed by atoms with E-state index in [0.717, 1.165) is 23.9 Å². The van der Waals surface area contributed by atoms with Gasteiger partial charge in [-0.05, 0) is 38.1 Å². The summed E-state index contributed by atoms with van der Waals surface area (Å²) in [4.78, 5) is 4.71. The fourth-order valence-electron chi connectivity index (χ4n) is 1.48. The highest BCUT2D eigenvalue weighted by atomic mass is 32.1. The average Bonchev–Trinajstić information content (AvgIpc) is 2.71. The Kier molecular flexibility index (Phi) is 6.28. The van der Waals surface area contributed by atoms with Crippen LogP contribution >= 0.6 is 11.3 Å². The molecular formula is C14H21NOS. The Morgan fingerprint density at radius 3 is 2.82 bits per heavy atom. The Balaban J connectivity index is 2.43. The summed E-state index contributed by atoms with van der Waals surface area (Å²) in [5, 5.41) is 8.62. The minimum absolute atomic E-state index is 0.0679. The molecule has 0 radical (unpaired) electrons. The quantitative estimate of drug-likeness (QED) is 0.813. The number of thiophene rings is 1. The second-order valence-electron chi connectivity index (χ2n) is 4.65. The molecule has 0 atom stereocenters. The second-order valence-corrected chi connectivity index (χ2v) is 5.81. The summed E-state index contributed by atoms with van der Waals surface area (Å²) in [5.74, 6) is 6.37. The van der Waals surface area contributed by atoms with Crippen LogP contribution in [0.5, 0.6) is 0 Å². The van der Waals surface area contributed by atoms with Crippen molar-refractivity contribution in [2.75, 3.05) is 20.2 Å². The third-order valence-corrected chi connectivity index (χ3v) is 3.45. The van der Waals surface area contributed by atoms with Crippen LogP contribution in [0.1, 0.15) is 30.0 Å². The van der Waals surface area contributed by atoms with Gasteiger partial charge in [0.05, 0.1) is 4.88 Å². The van der Waals surface area contributed by atoms with E-state index in [9.17, 15) is 0 Å². The molecule has 1 heterocycles. The molecule has 0 aliphatic carbocycles. The van der Waals surface area contributed by atoms with Gasteiger partial charge in [-0.25, -0.2) is 0 Å². The zero-order valence-corrected chi connectivity index (χ0v) is 11.7. The molecule has 0 unspecified atom stereocenters. The van der Waals surface area contributed by atoms with Gasteiger partial charge in [0.25, 0.3) is 0 Å². The van der Waals surface area contributed by atoms with Crippen LogP contribution in [0.15, 0.2) is 12.1 Å². The first kappa shape index (κ1) is 14.2. The third kappa shape index (κ3) is 5.88. The Morgan fingerprint density at radius 1 is 1.41 bits per heavy atom. The van der Waals surface area contributed by atoms with Crippen molar-refractivity contribution in [3.05, 3.63) is 21.9 Å².